The van der Waals surface area contributed by atoms with E-state index in [2.05, 4.69) is 0 Å². The van der Waals surface area contributed by atoms with Gasteiger partial charge in [-0.15, -0.1) is 0 Å². The zero-order valence-corrected chi connectivity index (χ0v) is 17.8. The summed E-state index contributed by atoms with van der Waals surface area (Å²) in [6.45, 7) is 3.14. The maximum atomic E-state index is 13.7. The Morgan fingerprint density at radius 2 is 1.90 bits per heavy atom. The second kappa shape index (κ2) is 8.99. The molecule has 0 unspecified atom stereocenters. The lowest BCUT2D eigenvalue weighted by molar-refractivity contribution is 0.0588. The summed E-state index contributed by atoms with van der Waals surface area (Å²) in [5.74, 6) is -1.48. The molecule has 7 nitrogen and oxygen atoms in total. The van der Waals surface area contributed by atoms with E-state index in [4.69, 9.17) is 9.15 Å². The minimum Gasteiger partial charge on any atom is -0.467 e. The van der Waals surface area contributed by atoms with Crippen LogP contribution in [0.25, 0.3) is 0 Å². The van der Waals surface area contributed by atoms with Crippen molar-refractivity contribution in [1.82, 2.24) is 9.47 Å². The van der Waals surface area contributed by atoms with E-state index >= 15 is 0 Å². The number of esters is 1. The second-order valence-electron chi connectivity index (χ2n) is 7.16. The number of methoxy groups -OCH3 is 1. The number of ketones is 1. The number of halogens is 1. The van der Waals surface area contributed by atoms with Crippen molar-refractivity contribution in [3.05, 3.63) is 82.3 Å². The van der Waals surface area contributed by atoms with Gasteiger partial charge in [-0.3, -0.25) is 9.59 Å². The molecule has 2 aromatic heterocycles. The van der Waals surface area contributed by atoms with Crippen LogP contribution in [0.15, 0.2) is 47.1 Å². The first-order chi connectivity index (χ1) is 14.7. The first-order valence-electron chi connectivity index (χ1n) is 9.59. The van der Waals surface area contributed by atoms with Gasteiger partial charge in [-0.1, -0.05) is 6.07 Å². The number of hydrogen-bond acceptors (Lipinski definition) is 5. The molecule has 3 aromatic rings. The van der Waals surface area contributed by atoms with Gasteiger partial charge in [0.1, 0.15) is 17.3 Å². The van der Waals surface area contributed by atoms with Crippen molar-refractivity contribution in [2.45, 2.75) is 20.4 Å². The summed E-state index contributed by atoms with van der Waals surface area (Å²) in [6.07, 6.45) is 1.47. The Balaban J connectivity index is 1.95. The first kappa shape index (κ1) is 22.0. The Morgan fingerprint density at radius 1 is 1.16 bits per heavy atom. The van der Waals surface area contributed by atoms with Crippen molar-refractivity contribution in [3.8, 4) is 0 Å². The van der Waals surface area contributed by atoms with Gasteiger partial charge in [0.25, 0.3) is 5.91 Å². The fourth-order valence-electron chi connectivity index (χ4n) is 3.62. The number of aromatic nitrogens is 1. The molecule has 0 bridgehead atoms. The number of carbonyl (C=O) groups is 3. The van der Waals surface area contributed by atoms with Crippen molar-refractivity contribution >= 4 is 17.7 Å². The number of rotatable bonds is 7. The van der Waals surface area contributed by atoms with E-state index < -0.39 is 17.7 Å². The van der Waals surface area contributed by atoms with E-state index in [1.807, 2.05) is 0 Å². The maximum Gasteiger partial charge on any atom is 0.354 e. The average Bonchev–Trinajstić information content (AvgIpc) is 3.32. The highest BCUT2D eigenvalue weighted by Gasteiger charge is 2.28. The number of nitrogens with zero attached hydrogens (tertiary/aromatic N) is 2. The molecular formula is C23H23FN2O5. The van der Waals surface area contributed by atoms with Crippen LogP contribution in [0.4, 0.5) is 4.39 Å². The highest BCUT2D eigenvalue weighted by atomic mass is 19.1. The molecule has 8 heteroatoms. The van der Waals surface area contributed by atoms with Crippen molar-refractivity contribution in [2.75, 3.05) is 13.7 Å². The molecule has 0 saturated heterocycles. The van der Waals surface area contributed by atoms with Gasteiger partial charge >= 0.3 is 5.97 Å². The lowest BCUT2D eigenvalue weighted by Crippen LogP contribution is -2.35. The largest absolute Gasteiger partial charge is 0.467 e. The van der Waals surface area contributed by atoms with E-state index in [0.29, 0.717) is 22.6 Å². The fourth-order valence-corrected chi connectivity index (χ4v) is 3.62. The van der Waals surface area contributed by atoms with Crippen LogP contribution < -0.4 is 0 Å². The van der Waals surface area contributed by atoms with Gasteiger partial charge in [0, 0.05) is 23.9 Å². The van der Waals surface area contributed by atoms with Crippen LogP contribution in [0.1, 0.15) is 48.2 Å². The van der Waals surface area contributed by atoms with Crippen LogP contribution in [0.3, 0.4) is 0 Å². The normalized spacial score (nSPS) is 10.7. The van der Waals surface area contributed by atoms with Crippen LogP contribution in [0, 0.1) is 19.7 Å². The molecule has 1 amide bonds. The summed E-state index contributed by atoms with van der Waals surface area (Å²) in [5.41, 5.74) is 1.81. The Labute approximate surface area is 179 Å². The zero-order valence-electron chi connectivity index (χ0n) is 17.8. The molecule has 0 spiro atoms. The van der Waals surface area contributed by atoms with E-state index in [1.54, 1.807) is 37.6 Å². The highest BCUT2D eigenvalue weighted by molar-refractivity contribution is 6.06. The molecule has 0 radical (unpaired) electrons. The van der Waals surface area contributed by atoms with Gasteiger partial charge in [-0.05, 0) is 49.7 Å². The van der Waals surface area contributed by atoms with Gasteiger partial charge in [0.2, 0.25) is 0 Å². The summed E-state index contributed by atoms with van der Waals surface area (Å²) in [5, 5.41) is 0. The Hall–Kier alpha value is -3.68. The third-order valence-corrected chi connectivity index (χ3v) is 5.21. The number of hydrogen-bond donors (Lipinski definition) is 0. The molecule has 2 heterocycles. The van der Waals surface area contributed by atoms with Crippen LogP contribution in [-0.2, 0) is 18.3 Å². The molecule has 0 aliphatic rings. The smallest absolute Gasteiger partial charge is 0.354 e. The third-order valence-electron chi connectivity index (χ3n) is 5.21. The number of furan rings is 1. The molecule has 0 saturated carbocycles. The molecule has 0 aliphatic heterocycles. The zero-order chi connectivity index (χ0) is 22.7. The van der Waals surface area contributed by atoms with Crippen LogP contribution >= 0.6 is 0 Å². The summed E-state index contributed by atoms with van der Waals surface area (Å²) < 4.78 is 25.4. The molecule has 31 heavy (non-hydrogen) atoms. The second-order valence-corrected chi connectivity index (χ2v) is 7.16. The quantitative estimate of drug-likeness (QED) is 0.425. The summed E-state index contributed by atoms with van der Waals surface area (Å²) in [6, 6.07) is 8.64. The molecule has 1 aromatic carbocycles. The van der Waals surface area contributed by atoms with E-state index in [9.17, 15) is 18.8 Å². The van der Waals surface area contributed by atoms with Gasteiger partial charge in [0.15, 0.2) is 5.78 Å². The van der Waals surface area contributed by atoms with Gasteiger partial charge in [-0.2, -0.15) is 0 Å². The molecule has 0 atom stereocenters. The summed E-state index contributed by atoms with van der Waals surface area (Å²) in [7, 11) is 2.94. The van der Waals surface area contributed by atoms with E-state index in [0.717, 1.165) is 6.07 Å². The number of carbonyl (C=O) groups excluding carboxylic acids is 3. The van der Waals surface area contributed by atoms with Crippen molar-refractivity contribution < 1.29 is 27.9 Å². The lowest BCUT2D eigenvalue weighted by Gasteiger charge is -2.21. The Morgan fingerprint density at radius 3 is 2.52 bits per heavy atom. The van der Waals surface area contributed by atoms with E-state index in [1.165, 1.54) is 36.5 Å². The topological polar surface area (TPSA) is 81.8 Å². The predicted octanol–water partition coefficient (Wildman–Crippen LogP) is 3.69. The molecular weight excluding hydrogens is 403 g/mol. The monoisotopic (exact) mass is 426 g/mol. The molecule has 0 N–H and O–H groups in total. The Bertz CT molecular complexity index is 1130. The summed E-state index contributed by atoms with van der Waals surface area (Å²) >= 11 is 0. The maximum absolute atomic E-state index is 13.7. The van der Waals surface area contributed by atoms with Crippen LogP contribution in [0.2, 0.25) is 0 Å². The predicted molar refractivity (Wildman–Crippen MR) is 110 cm³/mol. The van der Waals surface area contributed by atoms with Gasteiger partial charge in [0.05, 0.1) is 26.5 Å². The minimum absolute atomic E-state index is 0.0306. The number of Topliss-reactive ketones (excluding diaryl/α,β-unsaturated/α-hetero) is 1. The fraction of sp³-hybridized carbons (Fsp3) is 0.261. The standard InChI is InChI=1S/C23H23FN2O5/c1-14-20(15(2)25(3)21(14)23(29)30-4)19(27)13-26(12-18-9-6-10-31-18)22(28)16-7-5-8-17(24)11-16/h5-11H,12-13H2,1-4H3. The van der Waals surface area contributed by atoms with Crippen molar-refractivity contribution in [3.63, 3.8) is 0 Å². The lowest BCUT2D eigenvalue weighted by atomic mass is 10.0. The van der Waals surface area contributed by atoms with Crippen molar-refractivity contribution in [2.24, 2.45) is 7.05 Å². The van der Waals surface area contributed by atoms with Gasteiger partial charge in [-0.25, -0.2) is 9.18 Å². The van der Waals surface area contributed by atoms with E-state index in [-0.39, 0.29) is 30.1 Å². The molecule has 3 rings (SSSR count). The number of benzene rings is 1. The minimum atomic E-state index is -0.551. The Kier molecular flexibility index (Phi) is 6.39. The molecule has 162 valence electrons. The first-order valence-corrected chi connectivity index (χ1v) is 9.59. The number of ether oxygens (including phenoxy) is 1. The van der Waals surface area contributed by atoms with Gasteiger partial charge < -0.3 is 18.6 Å². The number of amides is 1. The molecule has 0 fully saturated rings. The average molecular weight is 426 g/mol. The summed E-state index contributed by atoms with van der Waals surface area (Å²) in [4.78, 5) is 39.7. The highest BCUT2D eigenvalue weighted by Crippen LogP contribution is 2.23. The van der Waals surface area contributed by atoms with Crippen LogP contribution in [0.5, 0.6) is 0 Å². The molecule has 0 aliphatic carbocycles. The SMILES string of the molecule is COC(=O)c1c(C)c(C(=O)CN(Cc2ccco2)C(=O)c2cccc(F)c2)c(C)n1C. The van der Waals surface area contributed by atoms with Crippen molar-refractivity contribution in [1.29, 1.82) is 0 Å². The van der Waals surface area contributed by atoms with Crippen LogP contribution in [-0.4, -0.2) is 40.8 Å². The third kappa shape index (κ3) is 4.42.